The maximum atomic E-state index is 11.1. The summed E-state index contributed by atoms with van der Waals surface area (Å²) in [5.74, 6) is -0.426. The van der Waals surface area contributed by atoms with E-state index in [1.54, 1.807) is 6.92 Å². The highest BCUT2D eigenvalue weighted by molar-refractivity contribution is 5.89. The molecule has 0 aromatic heterocycles. The van der Waals surface area contributed by atoms with Crippen molar-refractivity contribution in [2.45, 2.75) is 25.4 Å². The molecule has 4 nitrogen and oxygen atoms in total. The van der Waals surface area contributed by atoms with Crippen LogP contribution in [0.25, 0.3) is 0 Å². The molecule has 0 N–H and O–H groups in total. The van der Waals surface area contributed by atoms with Crippen LogP contribution in [0.15, 0.2) is 0 Å². The molecule has 0 spiro atoms. The molecule has 1 atom stereocenters. The molecule has 1 fully saturated rings. The van der Waals surface area contributed by atoms with E-state index >= 15 is 0 Å². The fourth-order valence-electron chi connectivity index (χ4n) is 1.25. The minimum atomic E-state index is -1.05. The van der Waals surface area contributed by atoms with Gasteiger partial charge >= 0.3 is 5.97 Å². The number of carbonyl (C=O) groups excluding carboxylic acids is 2. The Morgan fingerprint density at radius 1 is 1.67 bits per heavy atom. The van der Waals surface area contributed by atoms with E-state index in [-0.39, 0.29) is 12.2 Å². The third-order valence-electron chi connectivity index (χ3n) is 1.95. The SMILES string of the molecule is COC(=O)[C@@]1(C)CC(=O)CCO1. The quantitative estimate of drug-likeness (QED) is 0.534. The van der Waals surface area contributed by atoms with Crippen LogP contribution in [0.5, 0.6) is 0 Å². The topological polar surface area (TPSA) is 52.6 Å². The first-order chi connectivity index (χ1) is 5.58. The largest absolute Gasteiger partial charge is 0.467 e. The molecule has 1 aliphatic rings. The van der Waals surface area contributed by atoms with Gasteiger partial charge in [-0.2, -0.15) is 0 Å². The average Bonchev–Trinajstić information content (AvgIpc) is 2.02. The van der Waals surface area contributed by atoms with Crippen LogP contribution in [0.2, 0.25) is 0 Å². The van der Waals surface area contributed by atoms with Crippen LogP contribution in [0.3, 0.4) is 0 Å². The molecule has 68 valence electrons. The highest BCUT2D eigenvalue weighted by Gasteiger charge is 2.40. The molecule has 1 aliphatic heterocycles. The van der Waals surface area contributed by atoms with Gasteiger partial charge in [0.25, 0.3) is 0 Å². The normalized spacial score (nSPS) is 30.0. The summed E-state index contributed by atoms with van der Waals surface area (Å²) in [4.78, 5) is 22.1. The van der Waals surface area contributed by atoms with Gasteiger partial charge in [-0.1, -0.05) is 0 Å². The smallest absolute Gasteiger partial charge is 0.338 e. The van der Waals surface area contributed by atoms with E-state index in [1.807, 2.05) is 0 Å². The molecule has 0 saturated carbocycles. The van der Waals surface area contributed by atoms with Gasteiger partial charge in [-0.3, -0.25) is 4.79 Å². The van der Waals surface area contributed by atoms with Crippen molar-refractivity contribution in [1.82, 2.24) is 0 Å². The van der Waals surface area contributed by atoms with Crippen LogP contribution in [-0.4, -0.2) is 31.1 Å². The Labute approximate surface area is 70.8 Å². The van der Waals surface area contributed by atoms with Crippen molar-refractivity contribution in [2.24, 2.45) is 0 Å². The molecule has 1 saturated heterocycles. The van der Waals surface area contributed by atoms with Gasteiger partial charge in [-0.05, 0) is 6.92 Å². The van der Waals surface area contributed by atoms with Gasteiger partial charge < -0.3 is 9.47 Å². The molecule has 0 aromatic carbocycles. The lowest BCUT2D eigenvalue weighted by molar-refractivity contribution is -0.175. The van der Waals surface area contributed by atoms with Crippen molar-refractivity contribution in [3.63, 3.8) is 0 Å². The van der Waals surface area contributed by atoms with Gasteiger partial charge in [0.1, 0.15) is 5.78 Å². The predicted octanol–water partition coefficient (Wildman–Crippen LogP) is 0.298. The van der Waals surface area contributed by atoms with E-state index in [2.05, 4.69) is 4.74 Å². The molecule has 0 radical (unpaired) electrons. The Morgan fingerprint density at radius 3 is 2.83 bits per heavy atom. The first kappa shape index (κ1) is 9.19. The van der Waals surface area contributed by atoms with Crippen LogP contribution in [0.4, 0.5) is 0 Å². The van der Waals surface area contributed by atoms with E-state index in [0.29, 0.717) is 13.0 Å². The third-order valence-corrected chi connectivity index (χ3v) is 1.95. The highest BCUT2D eigenvalue weighted by atomic mass is 16.6. The second-order valence-corrected chi connectivity index (χ2v) is 3.04. The summed E-state index contributed by atoms with van der Waals surface area (Å²) in [7, 11) is 1.29. The zero-order chi connectivity index (χ0) is 9.19. The summed E-state index contributed by atoms with van der Waals surface area (Å²) < 4.78 is 9.72. The van der Waals surface area contributed by atoms with Crippen LogP contribution in [-0.2, 0) is 19.1 Å². The molecular weight excluding hydrogens is 160 g/mol. The number of ether oxygens (including phenoxy) is 2. The van der Waals surface area contributed by atoms with Crippen LogP contribution in [0, 0.1) is 0 Å². The van der Waals surface area contributed by atoms with Crippen molar-refractivity contribution >= 4 is 11.8 Å². The Morgan fingerprint density at radius 2 is 2.33 bits per heavy atom. The fourth-order valence-corrected chi connectivity index (χ4v) is 1.25. The van der Waals surface area contributed by atoms with Gasteiger partial charge in [-0.25, -0.2) is 4.79 Å². The Bertz CT molecular complexity index is 211. The zero-order valence-corrected chi connectivity index (χ0v) is 7.25. The molecule has 0 aromatic rings. The lowest BCUT2D eigenvalue weighted by Crippen LogP contribution is -2.45. The van der Waals surface area contributed by atoms with E-state index in [9.17, 15) is 9.59 Å². The van der Waals surface area contributed by atoms with Crippen molar-refractivity contribution in [3.05, 3.63) is 0 Å². The average molecular weight is 172 g/mol. The summed E-state index contributed by atoms with van der Waals surface area (Å²) in [5.41, 5.74) is -1.05. The maximum Gasteiger partial charge on any atom is 0.338 e. The summed E-state index contributed by atoms with van der Waals surface area (Å²) in [6, 6.07) is 0. The van der Waals surface area contributed by atoms with Crippen LogP contribution < -0.4 is 0 Å². The van der Waals surface area contributed by atoms with Gasteiger partial charge in [0.15, 0.2) is 5.60 Å². The van der Waals surface area contributed by atoms with Gasteiger partial charge in [-0.15, -0.1) is 0 Å². The maximum absolute atomic E-state index is 11.1. The number of hydrogen-bond donors (Lipinski definition) is 0. The summed E-state index contributed by atoms with van der Waals surface area (Å²) in [5, 5.41) is 0. The molecule has 0 bridgehead atoms. The van der Waals surface area contributed by atoms with Crippen molar-refractivity contribution < 1.29 is 19.1 Å². The first-order valence-electron chi connectivity index (χ1n) is 3.82. The lowest BCUT2D eigenvalue weighted by Gasteiger charge is -2.29. The molecule has 0 amide bonds. The van der Waals surface area contributed by atoms with E-state index in [0.717, 1.165) is 0 Å². The zero-order valence-electron chi connectivity index (χ0n) is 7.25. The van der Waals surface area contributed by atoms with Gasteiger partial charge in [0, 0.05) is 12.8 Å². The first-order valence-corrected chi connectivity index (χ1v) is 3.82. The van der Waals surface area contributed by atoms with E-state index in [4.69, 9.17) is 4.74 Å². The lowest BCUT2D eigenvalue weighted by atomic mass is 9.95. The predicted molar refractivity (Wildman–Crippen MR) is 40.6 cm³/mol. The fraction of sp³-hybridized carbons (Fsp3) is 0.750. The Kier molecular flexibility index (Phi) is 2.47. The molecule has 4 heteroatoms. The van der Waals surface area contributed by atoms with Crippen molar-refractivity contribution in [2.75, 3.05) is 13.7 Å². The molecule has 1 heterocycles. The number of rotatable bonds is 1. The third kappa shape index (κ3) is 1.64. The Hall–Kier alpha value is -0.900. The molecule has 0 unspecified atom stereocenters. The molecular formula is C8H12O4. The summed E-state index contributed by atoms with van der Waals surface area (Å²) in [6.07, 6.45) is 0.520. The molecule has 1 rings (SSSR count). The van der Waals surface area contributed by atoms with Gasteiger partial charge in [0.2, 0.25) is 0 Å². The van der Waals surface area contributed by atoms with Crippen molar-refractivity contribution in [3.8, 4) is 0 Å². The summed E-state index contributed by atoms with van der Waals surface area (Å²) >= 11 is 0. The monoisotopic (exact) mass is 172 g/mol. The summed E-state index contributed by atoms with van der Waals surface area (Å²) in [6.45, 7) is 1.89. The molecule has 0 aliphatic carbocycles. The van der Waals surface area contributed by atoms with E-state index < -0.39 is 11.6 Å². The number of Topliss-reactive ketones (excluding diaryl/α,β-unsaturated/α-hetero) is 1. The van der Waals surface area contributed by atoms with E-state index in [1.165, 1.54) is 7.11 Å². The number of methoxy groups -OCH3 is 1. The van der Waals surface area contributed by atoms with Crippen molar-refractivity contribution in [1.29, 1.82) is 0 Å². The number of ketones is 1. The second kappa shape index (κ2) is 3.23. The van der Waals surface area contributed by atoms with Gasteiger partial charge in [0.05, 0.1) is 13.7 Å². The number of carbonyl (C=O) groups is 2. The number of hydrogen-bond acceptors (Lipinski definition) is 4. The number of esters is 1. The Balaban J connectivity index is 2.69. The standard InChI is InChI=1S/C8H12O4/c1-8(7(10)11-2)5-6(9)3-4-12-8/h3-5H2,1-2H3/t8-/m1/s1. The minimum absolute atomic E-state index is 0.0501. The minimum Gasteiger partial charge on any atom is -0.467 e. The highest BCUT2D eigenvalue weighted by Crippen LogP contribution is 2.23. The van der Waals surface area contributed by atoms with Crippen LogP contribution >= 0.6 is 0 Å². The molecule has 12 heavy (non-hydrogen) atoms. The van der Waals surface area contributed by atoms with Crippen LogP contribution in [0.1, 0.15) is 19.8 Å². The second-order valence-electron chi connectivity index (χ2n) is 3.04.